The van der Waals surface area contributed by atoms with E-state index in [1.807, 2.05) is 0 Å². The first-order chi connectivity index (χ1) is 9.74. The predicted octanol–water partition coefficient (Wildman–Crippen LogP) is 1.57. The number of carbonyl (C=O) groups excluding carboxylic acids is 1. The molecule has 2 aliphatic rings. The van der Waals surface area contributed by atoms with Gasteiger partial charge in [-0.3, -0.25) is 4.79 Å². The summed E-state index contributed by atoms with van der Waals surface area (Å²) in [5.41, 5.74) is 0. The first kappa shape index (κ1) is 15.8. The minimum absolute atomic E-state index is 0.288. The first-order valence-electron chi connectivity index (χ1n) is 8.46. The summed E-state index contributed by atoms with van der Waals surface area (Å²) >= 11 is 0. The van der Waals surface area contributed by atoms with E-state index in [1.54, 1.807) is 0 Å². The fourth-order valence-corrected chi connectivity index (χ4v) is 3.51. The number of likely N-dealkylation sites (tertiary alicyclic amines) is 1. The molecule has 116 valence electrons. The lowest BCUT2D eigenvalue weighted by Crippen LogP contribution is -2.46. The molecule has 0 unspecified atom stereocenters. The van der Waals surface area contributed by atoms with Crippen molar-refractivity contribution in [2.75, 3.05) is 45.8 Å². The second-order valence-electron chi connectivity index (χ2n) is 6.28. The van der Waals surface area contributed by atoms with E-state index < -0.39 is 0 Å². The van der Waals surface area contributed by atoms with Gasteiger partial charge in [-0.2, -0.15) is 0 Å². The zero-order valence-electron chi connectivity index (χ0n) is 13.2. The third kappa shape index (κ3) is 4.19. The van der Waals surface area contributed by atoms with Gasteiger partial charge in [-0.05, 0) is 57.8 Å². The van der Waals surface area contributed by atoms with E-state index in [0.717, 1.165) is 58.0 Å². The van der Waals surface area contributed by atoms with Gasteiger partial charge >= 0.3 is 0 Å². The van der Waals surface area contributed by atoms with Crippen molar-refractivity contribution in [3.63, 3.8) is 0 Å². The van der Waals surface area contributed by atoms with Crippen LogP contribution in [0.25, 0.3) is 0 Å². The molecule has 4 nitrogen and oxygen atoms in total. The maximum Gasteiger partial charge on any atom is 0.225 e. The number of nitrogens with one attached hydrogen (secondary N) is 1. The fraction of sp³-hybridized carbons (Fsp3) is 0.938. The zero-order valence-corrected chi connectivity index (χ0v) is 13.2. The van der Waals surface area contributed by atoms with Crippen LogP contribution in [0.4, 0.5) is 0 Å². The number of hydrogen-bond donors (Lipinski definition) is 1. The Kier molecular flexibility index (Phi) is 6.30. The standard InChI is InChI=1S/C16H31N3O/c1-3-18(4-2)13-14-7-11-19(12-8-14)16(20)15-5-9-17-10-6-15/h14-15,17H,3-13H2,1-2H3. The van der Waals surface area contributed by atoms with Crippen molar-refractivity contribution < 1.29 is 4.79 Å². The average Bonchev–Trinajstić information content (AvgIpc) is 2.53. The van der Waals surface area contributed by atoms with Crippen molar-refractivity contribution >= 4 is 5.91 Å². The van der Waals surface area contributed by atoms with Crippen LogP contribution in [0.3, 0.4) is 0 Å². The number of nitrogens with zero attached hydrogens (tertiary/aromatic N) is 2. The molecule has 0 bridgehead atoms. The molecule has 2 fully saturated rings. The number of rotatable bonds is 5. The van der Waals surface area contributed by atoms with Crippen LogP contribution in [0, 0.1) is 11.8 Å². The van der Waals surface area contributed by atoms with Crippen molar-refractivity contribution in [2.24, 2.45) is 11.8 Å². The minimum atomic E-state index is 0.288. The van der Waals surface area contributed by atoms with E-state index in [2.05, 4.69) is 29.0 Å². The van der Waals surface area contributed by atoms with Gasteiger partial charge in [-0.15, -0.1) is 0 Å². The summed E-state index contributed by atoms with van der Waals surface area (Å²) in [6, 6.07) is 0. The summed E-state index contributed by atoms with van der Waals surface area (Å²) in [6.07, 6.45) is 4.43. The molecule has 2 heterocycles. The summed E-state index contributed by atoms with van der Waals surface area (Å²) in [4.78, 5) is 17.1. The molecule has 2 saturated heterocycles. The van der Waals surface area contributed by atoms with Crippen LogP contribution in [0.5, 0.6) is 0 Å². The lowest BCUT2D eigenvalue weighted by atomic mass is 9.92. The summed E-state index contributed by atoms with van der Waals surface area (Å²) < 4.78 is 0. The summed E-state index contributed by atoms with van der Waals surface area (Å²) in [5, 5.41) is 3.34. The molecule has 0 aromatic carbocycles. The Bertz CT molecular complexity index is 290. The highest BCUT2D eigenvalue weighted by Crippen LogP contribution is 2.22. The smallest absolute Gasteiger partial charge is 0.225 e. The summed E-state index contributed by atoms with van der Waals surface area (Å²) in [5.74, 6) is 1.50. The molecule has 2 aliphatic heterocycles. The molecule has 20 heavy (non-hydrogen) atoms. The second kappa shape index (κ2) is 7.99. The van der Waals surface area contributed by atoms with Gasteiger partial charge in [-0.25, -0.2) is 0 Å². The minimum Gasteiger partial charge on any atom is -0.342 e. The quantitative estimate of drug-likeness (QED) is 0.831. The van der Waals surface area contributed by atoms with Gasteiger partial charge in [0, 0.05) is 25.6 Å². The van der Waals surface area contributed by atoms with Crippen LogP contribution < -0.4 is 5.32 Å². The van der Waals surface area contributed by atoms with Gasteiger partial charge in [0.25, 0.3) is 0 Å². The van der Waals surface area contributed by atoms with Crippen LogP contribution in [-0.4, -0.2) is 61.5 Å². The van der Waals surface area contributed by atoms with Crippen LogP contribution in [0.15, 0.2) is 0 Å². The highest BCUT2D eigenvalue weighted by molar-refractivity contribution is 5.79. The molecule has 1 N–H and O–H groups in total. The van der Waals surface area contributed by atoms with E-state index in [9.17, 15) is 4.79 Å². The molecule has 0 radical (unpaired) electrons. The van der Waals surface area contributed by atoms with E-state index in [1.165, 1.54) is 19.4 Å². The maximum atomic E-state index is 12.5. The van der Waals surface area contributed by atoms with Crippen LogP contribution in [0.2, 0.25) is 0 Å². The van der Waals surface area contributed by atoms with Gasteiger partial charge in [0.1, 0.15) is 0 Å². The molecule has 0 atom stereocenters. The topological polar surface area (TPSA) is 35.6 Å². The van der Waals surface area contributed by atoms with E-state index in [0.29, 0.717) is 5.91 Å². The normalized spacial score (nSPS) is 22.4. The molecule has 0 aromatic heterocycles. The molecule has 0 saturated carbocycles. The maximum absolute atomic E-state index is 12.5. The molecule has 2 rings (SSSR count). The monoisotopic (exact) mass is 281 g/mol. The molecule has 0 spiro atoms. The van der Waals surface area contributed by atoms with Crippen molar-refractivity contribution in [1.82, 2.24) is 15.1 Å². The molecule has 1 amide bonds. The Morgan fingerprint density at radius 2 is 1.70 bits per heavy atom. The molecular weight excluding hydrogens is 250 g/mol. The third-order valence-corrected chi connectivity index (χ3v) is 5.03. The molecule has 0 aliphatic carbocycles. The van der Waals surface area contributed by atoms with Gasteiger partial charge in [0.2, 0.25) is 5.91 Å². The third-order valence-electron chi connectivity index (χ3n) is 5.03. The predicted molar refractivity (Wildman–Crippen MR) is 82.7 cm³/mol. The van der Waals surface area contributed by atoms with Crippen molar-refractivity contribution in [1.29, 1.82) is 0 Å². The van der Waals surface area contributed by atoms with Gasteiger partial charge in [0.15, 0.2) is 0 Å². The van der Waals surface area contributed by atoms with E-state index >= 15 is 0 Å². The molecule has 0 aromatic rings. The van der Waals surface area contributed by atoms with Crippen molar-refractivity contribution in [2.45, 2.75) is 39.5 Å². The van der Waals surface area contributed by atoms with Gasteiger partial charge in [-0.1, -0.05) is 13.8 Å². The SMILES string of the molecule is CCN(CC)CC1CCN(C(=O)C2CCNCC2)CC1. The van der Waals surface area contributed by atoms with Crippen LogP contribution in [-0.2, 0) is 4.79 Å². The lowest BCUT2D eigenvalue weighted by molar-refractivity contribution is -0.137. The highest BCUT2D eigenvalue weighted by atomic mass is 16.2. The van der Waals surface area contributed by atoms with Crippen molar-refractivity contribution in [3.05, 3.63) is 0 Å². The highest BCUT2D eigenvalue weighted by Gasteiger charge is 2.29. The number of piperidine rings is 2. The molecule has 4 heteroatoms. The van der Waals surface area contributed by atoms with Crippen LogP contribution >= 0.6 is 0 Å². The second-order valence-corrected chi connectivity index (χ2v) is 6.28. The number of carbonyl (C=O) groups is 1. The Morgan fingerprint density at radius 3 is 2.25 bits per heavy atom. The average molecular weight is 281 g/mol. The summed E-state index contributed by atoms with van der Waals surface area (Å²) in [6.45, 7) is 11.9. The van der Waals surface area contributed by atoms with E-state index in [-0.39, 0.29) is 5.92 Å². The number of amides is 1. The Hall–Kier alpha value is -0.610. The Labute approximate surface area is 123 Å². The van der Waals surface area contributed by atoms with Gasteiger partial charge in [0.05, 0.1) is 0 Å². The number of hydrogen-bond acceptors (Lipinski definition) is 3. The zero-order chi connectivity index (χ0) is 14.4. The largest absolute Gasteiger partial charge is 0.342 e. The Morgan fingerprint density at radius 1 is 1.10 bits per heavy atom. The summed E-state index contributed by atoms with van der Waals surface area (Å²) in [7, 11) is 0. The van der Waals surface area contributed by atoms with E-state index in [4.69, 9.17) is 0 Å². The van der Waals surface area contributed by atoms with Gasteiger partial charge < -0.3 is 15.1 Å². The van der Waals surface area contributed by atoms with Crippen molar-refractivity contribution in [3.8, 4) is 0 Å². The first-order valence-corrected chi connectivity index (χ1v) is 8.46. The fourth-order valence-electron chi connectivity index (χ4n) is 3.51. The molecular formula is C16H31N3O. The lowest BCUT2D eigenvalue weighted by Gasteiger charge is -2.36. The van der Waals surface area contributed by atoms with Crippen LogP contribution in [0.1, 0.15) is 39.5 Å². The Balaban J connectivity index is 1.74.